The van der Waals surface area contributed by atoms with Crippen LogP contribution in [-0.4, -0.2) is 4.92 Å². The van der Waals surface area contributed by atoms with E-state index < -0.39 is 0 Å². The maximum atomic E-state index is 10.4. The lowest BCUT2D eigenvalue weighted by molar-refractivity contribution is -0.384. The summed E-state index contributed by atoms with van der Waals surface area (Å²) in [7, 11) is 0. The zero-order valence-electron chi connectivity index (χ0n) is 7.45. The molecule has 0 amide bonds. The van der Waals surface area contributed by atoms with Gasteiger partial charge in [-0.15, -0.1) is 0 Å². The van der Waals surface area contributed by atoms with Crippen LogP contribution in [0.5, 0.6) is 0 Å². The molecule has 0 aromatic heterocycles. The van der Waals surface area contributed by atoms with Crippen LogP contribution in [0.1, 0.15) is 22.9 Å². The Bertz CT molecular complexity index is 336. The molecule has 0 radical (unpaired) electrons. The smallest absolute Gasteiger partial charge is 0.258 e. The molecular weight excluding hydrogens is 234 g/mol. The number of nitro groups is 1. The summed E-state index contributed by atoms with van der Waals surface area (Å²) in [5.41, 5.74) is 2.18. The maximum absolute atomic E-state index is 10.4. The molecule has 1 rings (SSSR count). The van der Waals surface area contributed by atoms with Gasteiger partial charge in [-0.05, 0) is 25.0 Å². The molecule has 0 saturated carbocycles. The van der Waals surface area contributed by atoms with Crippen LogP contribution in [0, 0.1) is 17.0 Å². The average molecular weight is 244 g/mol. The first kappa shape index (κ1) is 10.2. The molecule has 0 bridgehead atoms. The van der Waals surface area contributed by atoms with E-state index in [0.717, 1.165) is 11.1 Å². The molecule has 1 atom stereocenters. The Morgan fingerprint density at radius 2 is 2.15 bits per heavy atom. The second kappa shape index (κ2) is 3.87. The minimum absolute atomic E-state index is 0.148. The van der Waals surface area contributed by atoms with Gasteiger partial charge in [-0.3, -0.25) is 10.1 Å². The summed E-state index contributed by atoms with van der Waals surface area (Å²) in [5, 5.41) is 10.4. The molecule has 1 aromatic rings. The number of aryl methyl sites for hydroxylation is 1. The normalized spacial score (nSPS) is 12.5. The van der Waals surface area contributed by atoms with Gasteiger partial charge in [0, 0.05) is 17.0 Å². The van der Waals surface area contributed by atoms with Gasteiger partial charge in [-0.2, -0.15) is 0 Å². The van der Waals surface area contributed by atoms with E-state index in [1.165, 1.54) is 6.07 Å². The molecule has 1 unspecified atom stereocenters. The molecule has 0 spiro atoms. The van der Waals surface area contributed by atoms with Crippen molar-refractivity contribution in [3.8, 4) is 0 Å². The molecule has 3 nitrogen and oxygen atoms in total. The summed E-state index contributed by atoms with van der Waals surface area (Å²) >= 11 is 3.43. The van der Waals surface area contributed by atoms with Gasteiger partial charge >= 0.3 is 0 Å². The Morgan fingerprint density at radius 1 is 1.54 bits per heavy atom. The van der Waals surface area contributed by atoms with E-state index in [1.54, 1.807) is 12.1 Å². The van der Waals surface area contributed by atoms with Crippen LogP contribution < -0.4 is 0 Å². The number of nitro benzene ring substituents is 1. The van der Waals surface area contributed by atoms with Crippen molar-refractivity contribution in [3.63, 3.8) is 0 Å². The van der Waals surface area contributed by atoms with Crippen molar-refractivity contribution >= 4 is 21.6 Å². The van der Waals surface area contributed by atoms with Gasteiger partial charge in [0.2, 0.25) is 0 Å². The van der Waals surface area contributed by atoms with Gasteiger partial charge < -0.3 is 0 Å². The van der Waals surface area contributed by atoms with Crippen LogP contribution >= 0.6 is 15.9 Å². The fraction of sp³-hybridized carbons (Fsp3) is 0.333. The Morgan fingerprint density at radius 3 is 2.54 bits per heavy atom. The quantitative estimate of drug-likeness (QED) is 0.454. The highest BCUT2D eigenvalue weighted by atomic mass is 79.9. The summed E-state index contributed by atoms with van der Waals surface area (Å²) in [6, 6.07) is 4.90. The summed E-state index contributed by atoms with van der Waals surface area (Å²) in [6.07, 6.45) is 0. The van der Waals surface area contributed by atoms with Crippen molar-refractivity contribution < 1.29 is 4.92 Å². The topological polar surface area (TPSA) is 43.1 Å². The molecule has 0 aliphatic rings. The molecule has 70 valence electrons. The van der Waals surface area contributed by atoms with E-state index in [0.29, 0.717) is 0 Å². The molecule has 0 aliphatic carbocycles. The van der Waals surface area contributed by atoms with Crippen molar-refractivity contribution in [2.75, 3.05) is 0 Å². The molecule has 0 fully saturated rings. The molecule has 1 aromatic carbocycles. The maximum Gasteiger partial charge on any atom is 0.269 e. The fourth-order valence-electron chi connectivity index (χ4n) is 1.22. The molecule has 0 N–H and O–H groups in total. The summed E-state index contributed by atoms with van der Waals surface area (Å²) < 4.78 is 0. The van der Waals surface area contributed by atoms with Gasteiger partial charge in [0.15, 0.2) is 0 Å². The van der Waals surface area contributed by atoms with Crippen LogP contribution in [0.3, 0.4) is 0 Å². The first-order chi connectivity index (χ1) is 6.02. The minimum atomic E-state index is -0.379. The highest BCUT2D eigenvalue weighted by Gasteiger charge is 2.10. The molecular formula is C9H10BrNO2. The predicted molar refractivity (Wildman–Crippen MR) is 55.2 cm³/mol. The summed E-state index contributed by atoms with van der Waals surface area (Å²) in [6.45, 7) is 3.87. The number of halogens is 1. The zero-order valence-corrected chi connectivity index (χ0v) is 9.04. The molecule has 4 heteroatoms. The fourth-order valence-corrected chi connectivity index (χ4v) is 1.73. The number of benzene rings is 1. The largest absolute Gasteiger partial charge is 0.269 e. The molecule has 13 heavy (non-hydrogen) atoms. The van der Waals surface area contributed by atoms with Crippen molar-refractivity contribution in [3.05, 3.63) is 39.4 Å². The Labute approximate surface area is 85.0 Å². The van der Waals surface area contributed by atoms with Crippen LogP contribution in [0.2, 0.25) is 0 Å². The van der Waals surface area contributed by atoms with E-state index in [-0.39, 0.29) is 15.4 Å². The minimum Gasteiger partial charge on any atom is -0.258 e. The Hall–Kier alpha value is -0.900. The molecule has 0 saturated heterocycles. The summed E-state index contributed by atoms with van der Waals surface area (Å²) in [5.74, 6) is 0. The predicted octanol–water partition coefficient (Wildman–Crippen LogP) is 3.36. The monoisotopic (exact) mass is 243 g/mol. The van der Waals surface area contributed by atoms with E-state index in [4.69, 9.17) is 0 Å². The number of non-ortho nitro benzene ring substituents is 1. The highest BCUT2D eigenvalue weighted by Crippen LogP contribution is 2.27. The van der Waals surface area contributed by atoms with Gasteiger partial charge in [0.05, 0.1) is 4.92 Å². The number of nitrogens with zero attached hydrogens (tertiary/aromatic N) is 1. The number of rotatable bonds is 2. The van der Waals surface area contributed by atoms with Crippen LogP contribution in [-0.2, 0) is 0 Å². The van der Waals surface area contributed by atoms with Gasteiger partial charge in [-0.1, -0.05) is 22.0 Å². The van der Waals surface area contributed by atoms with E-state index >= 15 is 0 Å². The number of hydrogen-bond donors (Lipinski definition) is 0. The first-order valence-corrected chi connectivity index (χ1v) is 4.83. The second-order valence-electron chi connectivity index (χ2n) is 2.91. The van der Waals surface area contributed by atoms with Gasteiger partial charge in [0.1, 0.15) is 0 Å². The lowest BCUT2D eigenvalue weighted by Gasteiger charge is -2.06. The highest BCUT2D eigenvalue weighted by molar-refractivity contribution is 9.09. The third-order valence-electron chi connectivity index (χ3n) is 1.89. The first-order valence-electron chi connectivity index (χ1n) is 3.91. The van der Waals surface area contributed by atoms with Crippen molar-refractivity contribution in [1.29, 1.82) is 0 Å². The number of alkyl halides is 1. The van der Waals surface area contributed by atoms with Crippen LogP contribution in [0.4, 0.5) is 5.69 Å². The van der Waals surface area contributed by atoms with Crippen LogP contribution in [0.25, 0.3) is 0 Å². The van der Waals surface area contributed by atoms with E-state index in [9.17, 15) is 10.1 Å². The van der Waals surface area contributed by atoms with Crippen molar-refractivity contribution in [1.82, 2.24) is 0 Å². The Kier molecular flexibility index (Phi) is 3.03. The Balaban J connectivity index is 3.13. The van der Waals surface area contributed by atoms with Crippen molar-refractivity contribution in [2.45, 2.75) is 18.7 Å². The van der Waals surface area contributed by atoms with E-state index in [1.807, 2.05) is 13.8 Å². The van der Waals surface area contributed by atoms with Gasteiger partial charge in [-0.25, -0.2) is 0 Å². The van der Waals surface area contributed by atoms with E-state index in [2.05, 4.69) is 15.9 Å². The summed E-state index contributed by atoms with van der Waals surface area (Å²) in [4.78, 5) is 10.3. The van der Waals surface area contributed by atoms with Crippen molar-refractivity contribution in [2.24, 2.45) is 0 Å². The average Bonchev–Trinajstić information content (AvgIpc) is 2.03. The molecule has 0 heterocycles. The van der Waals surface area contributed by atoms with Crippen LogP contribution in [0.15, 0.2) is 18.2 Å². The third kappa shape index (κ3) is 2.28. The standard InChI is InChI=1S/C9H10BrNO2/c1-6-5-8(11(12)13)3-4-9(6)7(2)10/h3-5,7H,1-2H3. The lowest BCUT2D eigenvalue weighted by Crippen LogP contribution is -1.93. The second-order valence-corrected chi connectivity index (χ2v) is 4.29. The SMILES string of the molecule is Cc1cc([N+](=O)[O-])ccc1C(C)Br. The number of hydrogen-bond acceptors (Lipinski definition) is 2. The third-order valence-corrected chi connectivity index (χ3v) is 2.39. The lowest BCUT2D eigenvalue weighted by atomic mass is 10.1. The zero-order chi connectivity index (χ0) is 10.0. The molecule has 0 aliphatic heterocycles. The van der Waals surface area contributed by atoms with Gasteiger partial charge in [0.25, 0.3) is 5.69 Å².